The summed E-state index contributed by atoms with van der Waals surface area (Å²) in [5.41, 5.74) is 0. The zero-order valence-electron chi connectivity index (χ0n) is 12.9. The van der Waals surface area contributed by atoms with Crippen molar-refractivity contribution in [1.29, 1.82) is 0 Å². The van der Waals surface area contributed by atoms with E-state index >= 15 is 0 Å². The predicted molar refractivity (Wildman–Crippen MR) is 76.3 cm³/mol. The maximum Gasteiger partial charge on any atom is 0.346 e. The van der Waals surface area contributed by atoms with Crippen LogP contribution in [0.2, 0.25) is 0 Å². The van der Waals surface area contributed by atoms with Crippen LogP contribution >= 0.6 is 0 Å². The van der Waals surface area contributed by atoms with Crippen LogP contribution in [0.4, 0.5) is 0 Å². The molecule has 2 aliphatic rings. The molecule has 0 aromatic heterocycles. The van der Waals surface area contributed by atoms with Gasteiger partial charge in [0.1, 0.15) is 12.1 Å². The standard InChI is InChI=1S/C14H20N2O8/c17-9(13(21)23-11(19)7-3-1-5-15-7)10(18)14(22)24-12(20)8-4-2-6-16-8/h7-10,15-18H,1-6H2/t7-,8-,9?,10?/m1/s1. The van der Waals surface area contributed by atoms with E-state index in [4.69, 9.17) is 0 Å². The van der Waals surface area contributed by atoms with E-state index in [1.807, 2.05) is 0 Å². The molecule has 0 bridgehead atoms. The van der Waals surface area contributed by atoms with Crippen molar-refractivity contribution in [3.05, 3.63) is 0 Å². The fraction of sp³-hybridized carbons (Fsp3) is 0.714. The molecule has 2 unspecified atom stereocenters. The Kier molecular flexibility index (Phi) is 6.37. The Morgan fingerprint density at radius 3 is 1.46 bits per heavy atom. The number of nitrogens with one attached hydrogen (secondary N) is 2. The number of carbonyl (C=O) groups excluding carboxylic acids is 4. The van der Waals surface area contributed by atoms with Gasteiger partial charge < -0.3 is 30.3 Å². The van der Waals surface area contributed by atoms with Gasteiger partial charge in [-0.05, 0) is 38.8 Å². The van der Waals surface area contributed by atoms with Crippen molar-refractivity contribution in [2.45, 2.75) is 50.0 Å². The van der Waals surface area contributed by atoms with Gasteiger partial charge >= 0.3 is 23.9 Å². The van der Waals surface area contributed by atoms with Crippen molar-refractivity contribution in [3.63, 3.8) is 0 Å². The summed E-state index contributed by atoms with van der Waals surface area (Å²) >= 11 is 0. The second-order valence-electron chi connectivity index (χ2n) is 5.67. The van der Waals surface area contributed by atoms with E-state index in [1.54, 1.807) is 0 Å². The molecule has 2 aliphatic heterocycles. The first-order valence-corrected chi connectivity index (χ1v) is 7.74. The summed E-state index contributed by atoms with van der Waals surface area (Å²) in [5, 5.41) is 24.8. The molecule has 0 aromatic carbocycles. The first-order chi connectivity index (χ1) is 11.4. The topological polar surface area (TPSA) is 151 Å². The summed E-state index contributed by atoms with van der Waals surface area (Å²) in [6.45, 7) is 1.20. The van der Waals surface area contributed by atoms with Crippen LogP contribution in [0.25, 0.3) is 0 Å². The van der Waals surface area contributed by atoms with E-state index in [9.17, 15) is 29.4 Å². The monoisotopic (exact) mass is 344 g/mol. The molecule has 0 saturated carbocycles. The lowest BCUT2D eigenvalue weighted by Crippen LogP contribution is -2.46. The van der Waals surface area contributed by atoms with Crippen LogP contribution in [0.5, 0.6) is 0 Å². The number of hydrogen-bond acceptors (Lipinski definition) is 10. The summed E-state index contributed by atoms with van der Waals surface area (Å²) in [6.07, 6.45) is -2.21. The Balaban J connectivity index is 1.81. The van der Waals surface area contributed by atoms with Crippen LogP contribution in [-0.2, 0) is 28.7 Å². The van der Waals surface area contributed by atoms with E-state index in [-0.39, 0.29) is 0 Å². The van der Waals surface area contributed by atoms with Gasteiger partial charge in [-0.2, -0.15) is 0 Å². The Bertz CT molecular complexity index is 465. The molecular formula is C14H20N2O8. The lowest BCUT2D eigenvalue weighted by atomic mass is 10.2. The van der Waals surface area contributed by atoms with E-state index in [0.29, 0.717) is 25.9 Å². The first kappa shape index (κ1) is 18.5. The number of rotatable bonds is 5. The van der Waals surface area contributed by atoms with Crippen LogP contribution in [0.3, 0.4) is 0 Å². The molecule has 2 saturated heterocycles. The van der Waals surface area contributed by atoms with Crippen molar-refractivity contribution < 1.29 is 38.9 Å². The fourth-order valence-electron chi connectivity index (χ4n) is 2.49. The lowest BCUT2D eigenvalue weighted by molar-refractivity contribution is -0.181. The first-order valence-electron chi connectivity index (χ1n) is 7.74. The summed E-state index contributed by atoms with van der Waals surface area (Å²) in [7, 11) is 0. The Morgan fingerprint density at radius 2 is 1.17 bits per heavy atom. The zero-order valence-corrected chi connectivity index (χ0v) is 12.9. The number of esters is 4. The van der Waals surface area contributed by atoms with Gasteiger partial charge in [0.05, 0.1) is 0 Å². The quantitative estimate of drug-likeness (QED) is 0.307. The Morgan fingerprint density at radius 1 is 0.792 bits per heavy atom. The molecule has 2 heterocycles. The minimum Gasteiger partial charge on any atom is -0.390 e. The van der Waals surface area contributed by atoms with Crippen LogP contribution < -0.4 is 10.6 Å². The largest absolute Gasteiger partial charge is 0.390 e. The van der Waals surface area contributed by atoms with Gasteiger partial charge in [-0.25, -0.2) is 19.2 Å². The maximum atomic E-state index is 11.6. The van der Waals surface area contributed by atoms with E-state index in [2.05, 4.69) is 20.1 Å². The minimum absolute atomic E-state index is 0.482. The van der Waals surface area contributed by atoms with Gasteiger partial charge in [-0.15, -0.1) is 0 Å². The minimum atomic E-state index is -2.33. The van der Waals surface area contributed by atoms with Gasteiger partial charge in [0, 0.05) is 0 Å². The third-order valence-corrected chi connectivity index (χ3v) is 3.87. The van der Waals surface area contributed by atoms with Crippen LogP contribution in [-0.4, -0.2) is 71.5 Å². The number of aliphatic hydroxyl groups is 2. The molecule has 0 amide bonds. The molecular weight excluding hydrogens is 324 g/mol. The fourth-order valence-corrected chi connectivity index (χ4v) is 2.49. The molecule has 10 heteroatoms. The number of carbonyl (C=O) groups is 4. The molecule has 2 fully saturated rings. The molecule has 10 nitrogen and oxygen atoms in total. The van der Waals surface area contributed by atoms with Gasteiger partial charge in [-0.3, -0.25) is 0 Å². The van der Waals surface area contributed by atoms with Crippen molar-refractivity contribution in [2.75, 3.05) is 13.1 Å². The molecule has 0 radical (unpaired) electrons. The molecule has 0 aromatic rings. The van der Waals surface area contributed by atoms with Crippen LogP contribution in [0.1, 0.15) is 25.7 Å². The van der Waals surface area contributed by atoms with E-state index in [0.717, 1.165) is 12.8 Å². The van der Waals surface area contributed by atoms with Crippen LogP contribution in [0, 0.1) is 0 Å². The lowest BCUT2D eigenvalue weighted by Gasteiger charge is -2.16. The third-order valence-electron chi connectivity index (χ3n) is 3.87. The number of aliphatic hydroxyl groups excluding tert-OH is 2. The van der Waals surface area contributed by atoms with Crippen molar-refractivity contribution in [2.24, 2.45) is 0 Å². The van der Waals surface area contributed by atoms with Gasteiger partial charge in [0.2, 0.25) is 0 Å². The summed E-state index contributed by atoms with van der Waals surface area (Å²) in [5.74, 6) is -4.76. The summed E-state index contributed by atoms with van der Waals surface area (Å²) in [4.78, 5) is 46.5. The Labute approximate surface area is 137 Å². The van der Waals surface area contributed by atoms with Crippen LogP contribution in [0.15, 0.2) is 0 Å². The van der Waals surface area contributed by atoms with Crippen molar-refractivity contribution in [3.8, 4) is 0 Å². The van der Waals surface area contributed by atoms with E-state index in [1.165, 1.54) is 0 Å². The molecule has 24 heavy (non-hydrogen) atoms. The maximum absolute atomic E-state index is 11.6. The van der Waals surface area contributed by atoms with Gasteiger partial charge in [0.25, 0.3) is 0 Å². The molecule has 134 valence electrons. The van der Waals surface area contributed by atoms with Gasteiger partial charge in [0.15, 0.2) is 12.2 Å². The average Bonchev–Trinajstić information content (AvgIpc) is 3.25. The third kappa shape index (κ3) is 4.57. The normalized spacial score (nSPS) is 25.8. The predicted octanol–water partition coefficient (Wildman–Crippen LogP) is -2.65. The molecule has 4 atom stereocenters. The van der Waals surface area contributed by atoms with Gasteiger partial charge in [-0.1, -0.05) is 0 Å². The number of ether oxygens (including phenoxy) is 2. The smallest absolute Gasteiger partial charge is 0.346 e. The highest BCUT2D eigenvalue weighted by Crippen LogP contribution is 2.10. The second kappa shape index (κ2) is 8.29. The highest BCUT2D eigenvalue weighted by Gasteiger charge is 2.37. The van der Waals surface area contributed by atoms with E-state index < -0.39 is 48.2 Å². The highest BCUT2D eigenvalue weighted by atomic mass is 16.6. The summed E-state index contributed by atoms with van der Waals surface area (Å²) < 4.78 is 8.83. The molecule has 2 rings (SSSR count). The molecule has 0 spiro atoms. The summed E-state index contributed by atoms with van der Waals surface area (Å²) in [6, 6.07) is -1.33. The molecule has 0 aliphatic carbocycles. The Hall–Kier alpha value is -1.88. The molecule has 4 N–H and O–H groups in total. The highest BCUT2D eigenvalue weighted by molar-refractivity contribution is 5.96. The average molecular weight is 344 g/mol. The second-order valence-corrected chi connectivity index (χ2v) is 5.67. The van der Waals surface area contributed by atoms with Crippen molar-refractivity contribution >= 4 is 23.9 Å². The van der Waals surface area contributed by atoms with Crippen molar-refractivity contribution in [1.82, 2.24) is 10.6 Å². The zero-order chi connectivity index (χ0) is 17.7. The number of hydrogen-bond donors (Lipinski definition) is 4. The SMILES string of the molecule is O=C(OC(=O)[C@H]1CCCN1)C(O)C(O)C(=O)OC(=O)[C@H]1CCCN1.